The molecule has 5 nitrogen and oxygen atoms in total. The number of aliphatic hydroxyl groups is 1. The molecule has 1 aliphatic rings. The first kappa shape index (κ1) is 13.0. The zero-order valence-corrected chi connectivity index (χ0v) is 10.2. The van der Waals surface area contributed by atoms with Crippen LogP contribution in [0.3, 0.4) is 0 Å². The van der Waals surface area contributed by atoms with Crippen molar-refractivity contribution in [2.24, 2.45) is 11.8 Å². The smallest absolute Gasteiger partial charge is 0.312 e. The van der Waals surface area contributed by atoms with E-state index in [1.165, 1.54) is 5.01 Å². The number of piperidine rings is 1. The third-order valence-corrected chi connectivity index (χ3v) is 3.14. The molecule has 0 aliphatic carbocycles. The van der Waals surface area contributed by atoms with Gasteiger partial charge in [-0.2, -0.15) is 0 Å². The Labute approximate surface area is 106 Å². The largest absolute Gasteiger partial charge is 0.461 e. The van der Waals surface area contributed by atoms with E-state index in [-0.39, 0.29) is 12.6 Å². The Morgan fingerprint density at radius 1 is 1.44 bits per heavy atom. The van der Waals surface area contributed by atoms with E-state index in [0.717, 1.165) is 5.56 Å². The lowest BCUT2D eigenvalue weighted by molar-refractivity contribution is -0.157. The van der Waals surface area contributed by atoms with Crippen molar-refractivity contribution in [2.75, 3.05) is 13.1 Å². The minimum Gasteiger partial charge on any atom is -0.461 e. The second-order valence-electron chi connectivity index (χ2n) is 4.55. The van der Waals surface area contributed by atoms with Crippen molar-refractivity contribution in [3.8, 4) is 0 Å². The highest BCUT2D eigenvalue weighted by atomic mass is 16.5. The minimum atomic E-state index is -0.743. The van der Waals surface area contributed by atoms with Crippen LogP contribution in [0.2, 0.25) is 0 Å². The van der Waals surface area contributed by atoms with Crippen molar-refractivity contribution in [2.45, 2.75) is 19.1 Å². The van der Waals surface area contributed by atoms with Gasteiger partial charge in [0.15, 0.2) is 0 Å². The normalized spacial score (nSPS) is 24.8. The SMILES string of the molecule is NN1CCC(C(=O)OCc2ccccc2)C(O)C1. The lowest BCUT2D eigenvalue weighted by Gasteiger charge is -2.31. The molecule has 1 saturated heterocycles. The number of nitrogens with two attached hydrogens (primary N) is 1. The topological polar surface area (TPSA) is 75.8 Å². The highest BCUT2D eigenvalue weighted by Gasteiger charge is 2.33. The monoisotopic (exact) mass is 250 g/mol. The molecular weight excluding hydrogens is 232 g/mol. The van der Waals surface area contributed by atoms with Crippen LogP contribution in [0.4, 0.5) is 0 Å². The Morgan fingerprint density at radius 3 is 2.83 bits per heavy atom. The molecule has 0 saturated carbocycles. The number of β-amino-alcohol motifs (C(OH)–C–C–N with tert-alkyl or cyclic N) is 1. The zero-order valence-electron chi connectivity index (χ0n) is 10.2. The summed E-state index contributed by atoms with van der Waals surface area (Å²) in [6.45, 7) is 1.16. The van der Waals surface area contributed by atoms with Crippen LogP contribution in [-0.2, 0) is 16.1 Å². The molecule has 1 aromatic carbocycles. The van der Waals surface area contributed by atoms with Crippen molar-refractivity contribution < 1.29 is 14.6 Å². The Balaban J connectivity index is 1.85. The summed E-state index contributed by atoms with van der Waals surface area (Å²) in [4.78, 5) is 11.8. The van der Waals surface area contributed by atoms with E-state index in [1.807, 2.05) is 30.3 Å². The summed E-state index contributed by atoms with van der Waals surface area (Å²) >= 11 is 0. The Kier molecular flexibility index (Phi) is 4.30. The maximum absolute atomic E-state index is 11.8. The van der Waals surface area contributed by atoms with Crippen LogP contribution < -0.4 is 5.84 Å². The van der Waals surface area contributed by atoms with Gasteiger partial charge in [0.25, 0.3) is 0 Å². The van der Waals surface area contributed by atoms with Crippen molar-refractivity contribution in [3.05, 3.63) is 35.9 Å². The van der Waals surface area contributed by atoms with Gasteiger partial charge in [0.05, 0.1) is 12.0 Å². The minimum absolute atomic E-state index is 0.245. The van der Waals surface area contributed by atoms with Gasteiger partial charge in [0.2, 0.25) is 0 Å². The van der Waals surface area contributed by atoms with Crippen molar-refractivity contribution >= 4 is 5.97 Å². The summed E-state index contributed by atoms with van der Waals surface area (Å²) in [6, 6.07) is 9.49. The molecular formula is C13H18N2O3. The van der Waals surface area contributed by atoms with Crippen LogP contribution in [-0.4, -0.2) is 35.3 Å². The fourth-order valence-electron chi connectivity index (χ4n) is 2.07. The van der Waals surface area contributed by atoms with Gasteiger partial charge < -0.3 is 9.84 Å². The molecule has 2 atom stereocenters. The molecule has 0 spiro atoms. The lowest BCUT2D eigenvalue weighted by Crippen LogP contribution is -2.49. The summed E-state index contributed by atoms with van der Waals surface area (Å²) in [5, 5.41) is 11.3. The average molecular weight is 250 g/mol. The molecule has 1 aromatic rings. The molecule has 0 radical (unpaired) electrons. The van der Waals surface area contributed by atoms with Crippen LogP contribution in [0, 0.1) is 5.92 Å². The second-order valence-corrected chi connectivity index (χ2v) is 4.55. The van der Waals surface area contributed by atoms with Gasteiger partial charge in [-0.25, -0.2) is 5.01 Å². The molecule has 1 heterocycles. The molecule has 1 aliphatic heterocycles. The number of aliphatic hydroxyl groups excluding tert-OH is 1. The van der Waals surface area contributed by atoms with Crippen molar-refractivity contribution in [1.29, 1.82) is 0 Å². The molecule has 3 N–H and O–H groups in total. The van der Waals surface area contributed by atoms with Crippen LogP contribution in [0.5, 0.6) is 0 Å². The van der Waals surface area contributed by atoms with Gasteiger partial charge in [0.1, 0.15) is 6.61 Å². The summed E-state index contributed by atoms with van der Waals surface area (Å²) < 4.78 is 5.21. The Morgan fingerprint density at radius 2 is 2.17 bits per heavy atom. The summed E-state index contributed by atoms with van der Waals surface area (Å²) in [5.41, 5.74) is 0.941. The van der Waals surface area contributed by atoms with E-state index >= 15 is 0 Å². The van der Waals surface area contributed by atoms with E-state index in [0.29, 0.717) is 19.5 Å². The lowest BCUT2D eigenvalue weighted by atomic mass is 9.95. The molecule has 0 aromatic heterocycles. The van der Waals surface area contributed by atoms with E-state index in [2.05, 4.69) is 0 Å². The number of nitrogens with zero attached hydrogens (tertiary/aromatic N) is 1. The third-order valence-electron chi connectivity index (χ3n) is 3.14. The number of hydrogen-bond donors (Lipinski definition) is 2. The Bertz CT molecular complexity index is 396. The highest BCUT2D eigenvalue weighted by molar-refractivity contribution is 5.73. The highest BCUT2D eigenvalue weighted by Crippen LogP contribution is 2.18. The number of hydrazine groups is 1. The van der Waals surface area contributed by atoms with E-state index in [1.54, 1.807) is 0 Å². The number of rotatable bonds is 3. The predicted octanol–water partition coefficient (Wildman–Crippen LogP) is 0.286. The molecule has 2 rings (SSSR count). The average Bonchev–Trinajstić information content (AvgIpc) is 2.37. The van der Waals surface area contributed by atoms with Gasteiger partial charge in [-0.1, -0.05) is 30.3 Å². The predicted molar refractivity (Wildman–Crippen MR) is 66.1 cm³/mol. The van der Waals surface area contributed by atoms with Crippen LogP contribution in [0.1, 0.15) is 12.0 Å². The number of benzene rings is 1. The van der Waals surface area contributed by atoms with Gasteiger partial charge in [-0.05, 0) is 12.0 Å². The molecule has 0 amide bonds. The first-order chi connectivity index (χ1) is 8.66. The molecule has 2 unspecified atom stereocenters. The van der Waals surface area contributed by atoms with Crippen LogP contribution in [0.25, 0.3) is 0 Å². The summed E-state index contributed by atoms with van der Waals surface area (Å²) in [7, 11) is 0. The number of carbonyl (C=O) groups excluding carboxylic acids is 1. The number of esters is 1. The van der Waals surface area contributed by atoms with Gasteiger partial charge in [0, 0.05) is 13.1 Å². The zero-order chi connectivity index (χ0) is 13.0. The van der Waals surface area contributed by atoms with E-state index in [9.17, 15) is 9.90 Å². The van der Waals surface area contributed by atoms with Crippen LogP contribution >= 0.6 is 0 Å². The first-order valence-electron chi connectivity index (χ1n) is 6.05. The standard InChI is InChI=1S/C13H18N2O3/c14-15-7-6-11(12(16)8-15)13(17)18-9-10-4-2-1-3-5-10/h1-5,11-12,16H,6-9,14H2. The summed E-state index contributed by atoms with van der Waals surface area (Å²) in [6.07, 6.45) is -0.210. The van der Waals surface area contributed by atoms with Gasteiger partial charge in [-0.3, -0.25) is 10.6 Å². The molecule has 98 valence electrons. The molecule has 1 fully saturated rings. The second kappa shape index (κ2) is 5.95. The van der Waals surface area contributed by atoms with E-state index < -0.39 is 12.0 Å². The fourth-order valence-corrected chi connectivity index (χ4v) is 2.07. The van der Waals surface area contributed by atoms with Gasteiger partial charge in [-0.15, -0.1) is 0 Å². The summed E-state index contributed by atoms with van der Waals surface area (Å²) in [5.74, 6) is 4.76. The molecule has 18 heavy (non-hydrogen) atoms. The van der Waals surface area contributed by atoms with E-state index in [4.69, 9.17) is 10.6 Å². The fraction of sp³-hybridized carbons (Fsp3) is 0.462. The van der Waals surface area contributed by atoms with Crippen molar-refractivity contribution in [3.63, 3.8) is 0 Å². The van der Waals surface area contributed by atoms with Gasteiger partial charge >= 0.3 is 5.97 Å². The molecule has 5 heteroatoms. The Hall–Kier alpha value is -1.43. The quantitative estimate of drug-likeness (QED) is 0.595. The van der Waals surface area contributed by atoms with Crippen LogP contribution in [0.15, 0.2) is 30.3 Å². The number of hydrogen-bond acceptors (Lipinski definition) is 5. The number of ether oxygens (including phenoxy) is 1. The maximum Gasteiger partial charge on any atom is 0.312 e. The third kappa shape index (κ3) is 3.29. The maximum atomic E-state index is 11.8. The number of carbonyl (C=O) groups is 1. The molecule has 0 bridgehead atoms. The van der Waals surface area contributed by atoms with Crippen molar-refractivity contribution in [1.82, 2.24) is 5.01 Å². The first-order valence-corrected chi connectivity index (χ1v) is 6.05.